The first-order valence-electron chi connectivity index (χ1n) is 7.88. The lowest BCUT2D eigenvalue weighted by atomic mass is 10.2. The minimum absolute atomic E-state index is 0.385. The first kappa shape index (κ1) is 17.6. The maximum atomic E-state index is 6.03. The maximum absolute atomic E-state index is 6.03. The minimum atomic E-state index is 0.385. The molecule has 0 bridgehead atoms. The molecule has 1 heterocycles. The summed E-state index contributed by atoms with van der Waals surface area (Å²) < 4.78 is 0. The molecule has 0 fully saturated rings. The number of rotatable bonds is 10. The zero-order chi connectivity index (χ0) is 15.0. The molecule has 1 aromatic rings. The van der Waals surface area contributed by atoms with Crippen LogP contribution in [0.1, 0.15) is 43.0 Å². The molecule has 0 saturated heterocycles. The Morgan fingerprint density at radius 2 is 1.80 bits per heavy atom. The van der Waals surface area contributed by atoms with Crippen LogP contribution in [0.5, 0.6) is 0 Å². The molecular weight excluding hydrogens is 266 g/mol. The molecule has 0 spiro atoms. The van der Waals surface area contributed by atoms with Crippen molar-refractivity contribution in [3.05, 3.63) is 21.9 Å². The third-order valence-corrected chi connectivity index (χ3v) is 5.08. The number of nitrogens with two attached hydrogens (primary N) is 1. The van der Waals surface area contributed by atoms with Gasteiger partial charge in [-0.05, 0) is 51.7 Å². The van der Waals surface area contributed by atoms with E-state index in [2.05, 4.69) is 49.6 Å². The molecule has 1 unspecified atom stereocenters. The molecule has 20 heavy (non-hydrogen) atoms. The first-order valence-corrected chi connectivity index (χ1v) is 8.70. The lowest BCUT2D eigenvalue weighted by Gasteiger charge is -2.30. The van der Waals surface area contributed by atoms with E-state index >= 15 is 0 Å². The van der Waals surface area contributed by atoms with Crippen LogP contribution in [-0.2, 0) is 0 Å². The number of nitrogens with zero attached hydrogens (tertiary/aromatic N) is 2. The summed E-state index contributed by atoms with van der Waals surface area (Å²) in [5, 5.41) is 0. The van der Waals surface area contributed by atoms with Crippen LogP contribution in [0.2, 0.25) is 0 Å². The maximum Gasteiger partial charge on any atom is 0.0564 e. The van der Waals surface area contributed by atoms with Gasteiger partial charge in [0.25, 0.3) is 0 Å². The van der Waals surface area contributed by atoms with Crippen molar-refractivity contribution in [2.24, 2.45) is 5.73 Å². The number of likely N-dealkylation sites (N-methyl/N-ethyl adjacent to an activating group) is 1. The standard InChI is InChI=1S/C16H31N3S/c1-5-18(6-2)11-8-12-19(7-3)15(13-17)16-10-9-14(4)20-16/h9-10,15H,5-8,11-13,17H2,1-4H3. The van der Waals surface area contributed by atoms with E-state index in [1.165, 1.54) is 22.7 Å². The Bertz CT molecular complexity index is 360. The van der Waals surface area contributed by atoms with Crippen molar-refractivity contribution in [1.29, 1.82) is 0 Å². The monoisotopic (exact) mass is 297 g/mol. The highest BCUT2D eigenvalue weighted by atomic mass is 32.1. The second-order valence-electron chi connectivity index (χ2n) is 5.21. The largest absolute Gasteiger partial charge is 0.329 e. The summed E-state index contributed by atoms with van der Waals surface area (Å²) in [4.78, 5) is 7.79. The van der Waals surface area contributed by atoms with Crippen LogP contribution in [0.25, 0.3) is 0 Å². The molecule has 0 saturated carbocycles. The van der Waals surface area contributed by atoms with E-state index in [0.717, 1.165) is 26.2 Å². The fraction of sp³-hybridized carbons (Fsp3) is 0.750. The lowest BCUT2D eigenvalue weighted by Crippen LogP contribution is -2.35. The summed E-state index contributed by atoms with van der Waals surface area (Å²) in [6.07, 6.45) is 1.22. The zero-order valence-electron chi connectivity index (χ0n) is 13.6. The topological polar surface area (TPSA) is 32.5 Å². The highest BCUT2D eigenvalue weighted by Crippen LogP contribution is 2.26. The van der Waals surface area contributed by atoms with Gasteiger partial charge >= 0.3 is 0 Å². The second kappa shape index (κ2) is 9.50. The van der Waals surface area contributed by atoms with Crippen LogP contribution in [0.15, 0.2) is 12.1 Å². The highest BCUT2D eigenvalue weighted by molar-refractivity contribution is 7.12. The van der Waals surface area contributed by atoms with Crippen molar-refractivity contribution in [2.75, 3.05) is 39.3 Å². The van der Waals surface area contributed by atoms with Gasteiger partial charge in [0.05, 0.1) is 6.04 Å². The van der Waals surface area contributed by atoms with Gasteiger partial charge in [-0.15, -0.1) is 11.3 Å². The smallest absolute Gasteiger partial charge is 0.0564 e. The van der Waals surface area contributed by atoms with Crippen molar-refractivity contribution in [1.82, 2.24) is 9.80 Å². The quantitative estimate of drug-likeness (QED) is 0.720. The molecule has 0 aliphatic heterocycles. The molecule has 0 aliphatic rings. The minimum Gasteiger partial charge on any atom is -0.329 e. The van der Waals surface area contributed by atoms with Crippen LogP contribution >= 0.6 is 11.3 Å². The lowest BCUT2D eigenvalue weighted by molar-refractivity contribution is 0.195. The molecule has 3 nitrogen and oxygen atoms in total. The van der Waals surface area contributed by atoms with Gasteiger partial charge in [0, 0.05) is 22.8 Å². The van der Waals surface area contributed by atoms with Crippen LogP contribution in [0.4, 0.5) is 0 Å². The van der Waals surface area contributed by atoms with Crippen molar-refractivity contribution in [3.63, 3.8) is 0 Å². The fourth-order valence-electron chi connectivity index (χ4n) is 2.65. The van der Waals surface area contributed by atoms with Crippen molar-refractivity contribution >= 4 is 11.3 Å². The normalized spacial score (nSPS) is 13.3. The molecule has 116 valence electrons. The van der Waals surface area contributed by atoms with Crippen LogP contribution in [0.3, 0.4) is 0 Å². The summed E-state index contributed by atoms with van der Waals surface area (Å²) in [6.45, 7) is 15.3. The molecule has 1 atom stereocenters. The van der Waals surface area contributed by atoms with Crippen molar-refractivity contribution in [2.45, 2.75) is 40.2 Å². The summed E-state index contributed by atoms with van der Waals surface area (Å²) in [6, 6.07) is 4.83. The SMILES string of the molecule is CCN(CC)CCCN(CC)C(CN)c1ccc(C)s1. The molecule has 0 amide bonds. The number of hydrogen-bond donors (Lipinski definition) is 1. The highest BCUT2D eigenvalue weighted by Gasteiger charge is 2.18. The van der Waals surface area contributed by atoms with E-state index in [-0.39, 0.29) is 0 Å². The molecule has 0 aliphatic carbocycles. The summed E-state index contributed by atoms with van der Waals surface area (Å²) >= 11 is 1.88. The van der Waals surface area contributed by atoms with Crippen molar-refractivity contribution < 1.29 is 0 Å². The summed E-state index contributed by atoms with van der Waals surface area (Å²) in [5.74, 6) is 0. The Hall–Kier alpha value is -0.420. The van der Waals surface area contributed by atoms with Crippen LogP contribution in [0, 0.1) is 6.92 Å². The average Bonchev–Trinajstić information content (AvgIpc) is 2.88. The zero-order valence-corrected chi connectivity index (χ0v) is 14.4. The van der Waals surface area contributed by atoms with Gasteiger partial charge in [0.1, 0.15) is 0 Å². The predicted octanol–water partition coefficient (Wildman–Crippen LogP) is 3.11. The molecular formula is C16H31N3S. The fourth-order valence-corrected chi connectivity index (χ4v) is 3.67. The van der Waals surface area contributed by atoms with Crippen LogP contribution in [-0.4, -0.2) is 49.1 Å². The summed E-state index contributed by atoms with van der Waals surface area (Å²) in [5.41, 5.74) is 6.03. The predicted molar refractivity (Wildman–Crippen MR) is 90.5 cm³/mol. The Morgan fingerprint density at radius 1 is 1.10 bits per heavy atom. The number of hydrogen-bond acceptors (Lipinski definition) is 4. The molecule has 4 heteroatoms. The van der Waals surface area contributed by atoms with Gasteiger partial charge in [-0.25, -0.2) is 0 Å². The third-order valence-electron chi connectivity index (χ3n) is 3.97. The Balaban J connectivity index is 2.54. The van der Waals surface area contributed by atoms with Gasteiger partial charge in [0.2, 0.25) is 0 Å². The average molecular weight is 298 g/mol. The van der Waals surface area contributed by atoms with Gasteiger partial charge in [-0.2, -0.15) is 0 Å². The van der Waals surface area contributed by atoms with Gasteiger partial charge in [-0.1, -0.05) is 20.8 Å². The number of aryl methyl sites for hydroxylation is 1. The second-order valence-corrected chi connectivity index (χ2v) is 6.53. The Morgan fingerprint density at radius 3 is 2.25 bits per heavy atom. The van der Waals surface area contributed by atoms with Crippen molar-refractivity contribution in [3.8, 4) is 0 Å². The Kier molecular flexibility index (Phi) is 8.38. The third kappa shape index (κ3) is 5.17. The van der Waals surface area contributed by atoms with E-state index in [0.29, 0.717) is 12.6 Å². The molecule has 0 radical (unpaired) electrons. The number of thiophene rings is 1. The molecule has 1 rings (SSSR count). The van der Waals surface area contributed by atoms with Crippen LogP contribution < -0.4 is 5.73 Å². The van der Waals surface area contributed by atoms with E-state index in [1.54, 1.807) is 0 Å². The van der Waals surface area contributed by atoms with Gasteiger partial charge < -0.3 is 10.6 Å². The molecule has 0 aromatic carbocycles. The Labute approximate surface area is 128 Å². The molecule has 1 aromatic heterocycles. The van der Waals surface area contributed by atoms with E-state index < -0.39 is 0 Å². The van der Waals surface area contributed by atoms with E-state index in [9.17, 15) is 0 Å². The first-order chi connectivity index (χ1) is 9.65. The van der Waals surface area contributed by atoms with Gasteiger partial charge in [0.15, 0.2) is 0 Å². The van der Waals surface area contributed by atoms with E-state index in [1.807, 2.05) is 11.3 Å². The molecule has 2 N–H and O–H groups in total. The van der Waals surface area contributed by atoms with E-state index in [4.69, 9.17) is 5.73 Å². The summed E-state index contributed by atoms with van der Waals surface area (Å²) in [7, 11) is 0. The van der Waals surface area contributed by atoms with Gasteiger partial charge in [-0.3, -0.25) is 4.90 Å².